The van der Waals surface area contributed by atoms with Crippen LogP contribution in [0.5, 0.6) is 0 Å². The first-order valence-electron chi connectivity index (χ1n) is 19.3. The van der Waals surface area contributed by atoms with Crippen LogP contribution in [0.15, 0.2) is 217 Å². The van der Waals surface area contributed by atoms with Crippen molar-refractivity contribution in [2.24, 2.45) is 0 Å². The van der Waals surface area contributed by atoms with Crippen molar-refractivity contribution in [2.75, 3.05) is 4.90 Å². The number of rotatable bonds is 7. The molecular formula is C54H35NOS. The third-order valence-corrected chi connectivity index (χ3v) is 12.2. The molecule has 0 saturated carbocycles. The lowest BCUT2D eigenvalue weighted by Gasteiger charge is -2.30. The Kier molecular flexibility index (Phi) is 8.04. The fourth-order valence-electron chi connectivity index (χ4n) is 8.52. The first-order valence-corrected chi connectivity index (χ1v) is 20.2. The van der Waals surface area contributed by atoms with Crippen molar-refractivity contribution < 1.29 is 4.42 Å². The molecule has 57 heavy (non-hydrogen) atoms. The molecule has 0 saturated heterocycles. The van der Waals surface area contributed by atoms with Gasteiger partial charge in [0.2, 0.25) is 0 Å². The zero-order valence-electron chi connectivity index (χ0n) is 31.0. The second-order valence-corrected chi connectivity index (χ2v) is 15.5. The molecule has 0 fully saturated rings. The molecule has 0 unspecified atom stereocenters. The molecule has 0 radical (unpaired) electrons. The normalized spacial score (nSPS) is 11.5. The fraction of sp³-hybridized carbons (Fsp3) is 0. The minimum absolute atomic E-state index is 0.899. The largest absolute Gasteiger partial charge is 0.456 e. The number of para-hydroxylation sites is 1. The van der Waals surface area contributed by atoms with Gasteiger partial charge in [0, 0.05) is 47.9 Å². The third kappa shape index (κ3) is 5.71. The molecule has 11 rings (SSSR count). The van der Waals surface area contributed by atoms with Crippen LogP contribution in [0.3, 0.4) is 0 Å². The lowest BCUT2D eigenvalue weighted by molar-refractivity contribution is 0.669. The Bertz CT molecular complexity index is 3230. The van der Waals surface area contributed by atoms with Gasteiger partial charge in [-0.3, -0.25) is 0 Å². The number of benzene rings is 9. The number of nitrogens with zero attached hydrogens (tertiary/aromatic N) is 1. The highest BCUT2D eigenvalue weighted by atomic mass is 32.1. The number of furan rings is 1. The van der Waals surface area contributed by atoms with Crippen molar-refractivity contribution in [1.29, 1.82) is 0 Å². The van der Waals surface area contributed by atoms with Gasteiger partial charge in [0.25, 0.3) is 0 Å². The Labute approximate surface area is 335 Å². The summed E-state index contributed by atoms with van der Waals surface area (Å²) in [5, 5.41) is 4.85. The van der Waals surface area contributed by atoms with Gasteiger partial charge in [-0.1, -0.05) is 164 Å². The van der Waals surface area contributed by atoms with Crippen molar-refractivity contribution in [3.63, 3.8) is 0 Å². The number of hydrogen-bond donors (Lipinski definition) is 0. The van der Waals surface area contributed by atoms with Crippen LogP contribution >= 0.6 is 11.3 Å². The maximum atomic E-state index is 6.29. The van der Waals surface area contributed by atoms with Crippen LogP contribution in [0.25, 0.3) is 86.6 Å². The summed E-state index contributed by atoms with van der Waals surface area (Å²) in [6.45, 7) is 0. The summed E-state index contributed by atoms with van der Waals surface area (Å²) < 4.78 is 8.85. The third-order valence-electron chi connectivity index (χ3n) is 11.1. The van der Waals surface area contributed by atoms with Crippen LogP contribution in [0.2, 0.25) is 0 Å². The minimum Gasteiger partial charge on any atom is -0.456 e. The molecule has 0 aliphatic carbocycles. The maximum absolute atomic E-state index is 6.29. The fourth-order valence-corrected chi connectivity index (χ4v) is 9.66. The van der Waals surface area contributed by atoms with Gasteiger partial charge in [-0.25, -0.2) is 0 Å². The Balaban J connectivity index is 1.16. The summed E-state index contributed by atoms with van der Waals surface area (Å²) in [5.74, 6) is 0. The molecule has 268 valence electrons. The quantitative estimate of drug-likeness (QED) is 0.162. The molecule has 0 bridgehead atoms. The lowest BCUT2D eigenvalue weighted by atomic mass is 9.87. The van der Waals surface area contributed by atoms with Crippen LogP contribution in [-0.4, -0.2) is 0 Å². The molecule has 0 N–H and O–H groups in total. The van der Waals surface area contributed by atoms with Gasteiger partial charge < -0.3 is 9.32 Å². The number of thiophene rings is 1. The Morgan fingerprint density at radius 1 is 0.351 bits per heavy atom. The van der Waals surface area contributed by atoms with Crippen molar-refractivity contribution in [1.82, 2.24) is 0 Å². The van der Waals surface area contributed by atoms with Crippen molar-refractivity contribution in [3.8, 4) is 44.5 Å². The van der Waals surface area contributed by atoms with E-state index in [9.17, 15) is 0 Å². The zero-order valence-corrected chi connectivity index (χ0v) is 31.8. The van der Waals surface area contributed by atoms with Gasteiger partial charge >= 0.3 is 0 Å². The molecule has 2 nitrogen and oxygen atoms in total. The van der Waals surface area contributed by atoms with Crippen molar-refractivity contribution in [3.05, 3.63) is 212 Å². The molecule has 3 heteroatoms. The van der Waals surface area contributed by atoms with Crippen LogP contribution in [-0.2, 0) is 0 Å². The topological polar surface area (TPSA) is 16.4 Å². The standard InChI is InChI=1S/C54H35NOS/c1-3-15-36(16-4-1)41-19-7-8-21-46(41)53-42(37-17-5-2-6-18-37)23-13-25-48(53)55(40-33-34-45-44-20-10-12-28-51(44)57-52(45)35-40)39-31-29-38(30-32-39)43-24-14-27-50-54(43)47-22-9-11-26-49(47)56-50/h1-35H. The summed E-state index contributed by atoms with van der Waals surface area (Å²) in [4.78, 5) is 2.45. The molecule has 2 aromatic heterocycles. The van der Waals surface area contributed by atoms with E-state index in [1.54, 1.807) is 0 Å². The van der Waals surface area contributed by atoms with E-state index in [1.807, 2.05) is 23.5 Å². The van der Waals surface area contributed by atoms with Gasteiger partial charge in [-0.2, -0.15) is 0 Å². The van der Waals surface area contributed by atoms with Gasteiger partial charge in [0.1, 0.15) is 11.2 Å². The van der Waals surface area contributed by atoms with E-state index < -0.39 is 0 Å². The molecule has 9 aromatic carbocycles. The molecule has 0 aliphatic rings. The summed E-state index contributed by atoms with van der Waals surface area (Å²) in [7, 11) is 0. The van der Waals surface area contributed by atoms with Crippen LogP contribution in [0, 0.1) is 0 Å². The number of fused-ring (bicyclic) bond motifs is 6. The highest BCUT2D eigenvalue weighted by Crippen LogP contribution is 2.49. The van der Waals surface area contributed by atoms with Crippen LogP contribution in [0.1, 0.15) is 0 Å². The van der Waals surface area contributed by atoms with Crippen molar-refractivity contribution >= 4 is 70.5 Å². The van der Waals surface area contributed by atoms with E-state index >= 15 is 0 Å². The molecule has 0 aliphatic heterocycles. The van der Waals surface area contributed by atoms with E-state index in [4.69, 9.17) is 4.42 Å². The number of anilines is 3. The van der Waals surface area contributed by atoms with E-state index in [1.165, 1.54) is 53.6 Å². The summed E-state index contributed by atoms with van der Waals surface area (Å²) in [5.41, 5.74) is 14.5. The van der Waals surface area contributed by atoms with E-state index in [2.05, 4.69) is 205 Å². The average Bonchev–Trinajstić information content (AvgIpc) is 3.86. The second-order valence-electron chi connectivity index (χ2n) is 14.4. The summed E-state index contributed by atoms with van der Waals surface area (Å²) in [6, 6.07) is 76.5. The Hall–Kier alpha value is -7.20. The van der Waals surface area contributed by atoms with Crippen LogP contribution < -0.4 is 4.90 Å². The molecular weight excluding hydrogens is 711 g/mol. The SMILES string of the molecule is c1ccc(-c2ccccc2-c2c(-c3ccccc3)cccc2N(c2ccc(-c3cccc4oc5ccccc5c34)cc2)c2ccc3c(c2)sc2ccccc23)cc1. The molecule has 0 atom stereocenters. The summed E-state index contributed by atoms with van der Waals surface area (Å²) >= 11 is 1.85. The molecule has 11 aromatic rings. The van der Waals surface area contributed by atoms with E-state index in [-0.39, 0.29) is 0 Å². The summed E-state index contributed by atoms with van der Waals surface area (Å²) in [6.07, 6.45) is 0. The molecule has 0 spiro atoms. The first kappa shape index (κ1) is 33.2. The highest BCUT2D eigenvalue weighted by Gasteiger charge is 2.23. The van der Waals surface area contributed by atoms with Gasteiger partial charge in [-0.05, 0) is 87.5 Å². The lowest BCUT2D eigenvalue weighted by Crippen LogP contribution is -2.12. The van der Waals surface area contributed by atoms with Crippen molar-refractivity contribution in [2.45, 2.75) is 0 Å². The van der Waals surface area contributed by atoms with E-state index in [0.29, 0.717) is 0 Å². The van der Waals surface area contributed by atoms with E-state index in [0.717, 1.165) is 50.1 Å². The number of hydrogen-bond acceptors (Lipinski definition) is 3. The first-order chi connectivity index (χ1) is 28.3. The average molecular weight is 746 g/mol. The second kappa shape index (κ2) is 13.8. The monoisotopic (exact) mass is 745 g/mol. The molecule has 0 amide bonds. The predicted molar refractivity (Wildman–Crippen MR) is 243 cm³/mol. The van der Waals surface area contributed by atoms with Gasteiger partial charge in [0.15, 0.2) is 0 Å². The maximum Gasteiger partial charge on any atom is 0.136 e. The minimum atomic E-state index is 0.899. The smallest absolute Gasteiger partial charge is 0.136 e. The Morgan fingerprint density at radius 3 is 1.72 bits per heavy atom. The van der Waals surface area contributed by atoms with Gasteiger partial charge in [-0.15, -0.1) is 11.3 Å². The highest BCUT2D eigenvalue weighted by molar-refractivity contribution is 7.25. The van der Waals surface area contributed by atoms with Gasteiger partial charge in [0.05, 0.1) is 5.69 Å². The van der Waals surface area contributed by atoms with Crippen LogP contribution in [0.4, 0.5) is 17.1 Å². The Morgan fingerprint density at radius 2 is 0.912 bits per heavy atom. The zero-order chi connectivity index (χ0) is 37.7. The predicted octanol–water partition coefficient (Wildman–Crippen LogP) is 16.1. The molecule has 2 heterocycles.